The van der Waals surface area contributed by atoms with Gasteiger partial charge in [0.15, 0.2) is 11.4 Å². The number of ether oxygens (including phenoxy) is 1. The Morgan fingerprint density at radius 2 is 1.96 bits per heavy atom. The van der Waals surface area contributed by atoms with E-state index in [1.807, 2.05) is 19.9 Å². The summed E-state index contributed by atoms with van der Waals surface area (Å²) < 4.78 is 7.78. The van der Waals surface area contributed by atoms with Gasteiger partial charge in [-0.05, 0) is 64.4 Å². The summed E-state index contributed by atoms with van der Waals surface area (Å²) in [7, 11) is 0. The van der Waals surface area contributed by atoms with E-state index in [4.69, 9.17) is 4.74 Å². The number of carbonyl (C=O) groups is 1. The van der Waals surface area contributed by atoms with E-state index in [2.05, 4.69) is 17.0 Å². The largest absolute Gasteiger partial charge is 0.378 e. The van der Waals surface area contributed by atoms with E-state index >= 15 is 0 Å². The molecule has 28 heavy (non-hydrogen) atoms. The minimum atomic E-state index is 0.167. The van der Waals surface area contributed by atoms with Crippen molar-refractivity contribution in [3.8, 4) is 0 Å². The number of fused-ring (bicyclic) bond motifs is 1. The van der Waals surface area contributed by atoms with Gasteiger partial charge in [0.1, 0.15) is 0 Å². The van der Waals surface area contributed by atoms with Crippen molar-refractivity contribution in [1.29, 1.82) is 0 Å². The molecule has 0 aromatic carbocycles. The summed E-state index contributed by atoms with van der Waals surface area (Å²) in [5.74, 6) is 0.912. The Hall–Kier alpha value is -1.75. The van der Waals surface area contributed by atoms with E-state index in [9.17, 15) is 4.79 Å². The van der Waals surface area contributed by atoms with E-state index in [1.165, 1.54) is 44.9 Å². The van der Waals surface area contributed by atoms with Gasteiger partial charge in [0.25, 0.3) is 0 Å². The molecule has 154 valence electrons. The maximum absolute atomic E-state index is 12.7. The third-order valence-corrected chi connectivity index (χ3v) is 5.99. The molecule has 2 aromatic heterocycles. The number of Topliss-reactive ketones (excluding diaryl/α,β-unsaturated/α-hetero) is 1. The highest BCUT2D eigenvalue weighted by Crippen LogP contribution is 2.30. The molecule has 5 nitrogen and oxygen atoms in total. The third-order valence-electron chi connectivity index (χ3n) is 5.99. The Morgan fingerprint density at radius 3 is 2.71 bits per heavy atom. The SMILES string of the molecule is CCCCCOC1CCC(CCCC(=O)c2cnn3c(C)cc(C)nc23)CC1. The molecule has 3 rings (SSSR count). The predicted octanol–water partition coefficient (Wildman–Crippen LogP) is 5.46. The minimum Gasteiger partial charge on any atom is -0.378 e. The molecular formula is C23H35N3O2. The highest BCUT2D eigenvalue weighted by molar-refractivity contribution is 6.01. The second kappa shape index (κ2) is 10.1. The molecule has 0 radical (unpaired) electrons. The zero-order valence-electron chi connectivity index (χ0n) is 17.7. The topological polar surface area (TPSA) is 56.5 Å². The molecule has 1 fully saturated rings. The van der Waals surface area contributed by atoms with Gasteiger partial charge in [-0.25, -0.2) is 9.50 Å². The summed E-state index contributed by atoms with van der Waals surface area (Å²) >= 11 is 0. The second-order valence-corrected chi connectivity index (χ2v) is 8.37. The van der Waals surface area contributed by atoms with Gasteiger partial charge >= 0.3 is 0 Å². The van der Waals surface area contributed by atoms with Crippen LogP contribution in [-0.4, -0.2) is 33.1 Å². The number of unbranched alkanes of at least 4 members (excludes halogenated alkanes) is 2. The Kier molecular flexibility index (Phi) is 7.60. The molecule has 1 saturated carbocycles. The van der Waals surface area contributed by atoms with Crippen molar-refractivity contribution in [2.45, 2.75) is 91.1 Å². The summed E-state index contributed by atoms with van der Waals surface area (Å²) in [6, 6.07) is 1.98. The van der Waals surface area contributed by atoms with Crippen LogP contribution in [0.3, 0.4) is 0 Å². The quantitative estimate of drug-likeness (QED) is 0.402. The Morgan fingerprint density at radius 1 is 1.18 bits per heavy atom. The standard InChI is InChI=1S/C23H35N3O2/c1-4-5-6-14-28-20-12-10-19(11-13-20)8-7-9-22(27)21-16-24-26-18(3)15-17(2)25-23(21)26/h15-16,19-20H,4-14H2,1-3H3. The number of hydrogen-bond acceptors (Lipinski definition) is 4. The lowest BCUT2D eigenvalue weighted by atomic mass is 9.84. The number of ketones is 1. The van der Waals surface area contributed by atoms with Crippen molar-refractivity contribution < 1.29 is 9.53 Å². The fourth-order valence-electron chi connectivity index (χ4n) is 4.34. The molecule has 0 amide bonds. The summed E-state index contributed by atoms with van der Waals surface area (Å²) in [6.45, 7) is 7.10. The first-order valence-corrected chi connectivity index (χ1v) is 11.0. The first kappa shape index (κ1) is 21.0. The zero-order valence-corrected chi connectivity index (χ0v) is 17.7. The van der Waals surface area contributed by atoms with E-state index in [0.29, 0.717) is 23.7 Å². The minimum absolute atomic E-state index is 0.167. The van der Waals surface area contributed by atoms with Crippen LogP contribution in [0, 0.1) is 19.8 Å². The van der Waals surface area contributed by atoms with E-state index in [0.717, 1.165) is 36.8 Å². The van der Waals surface area contributed by atoms with Gasteiger partial charge in [-0.2, -0.15) is 5.10 Å². The van der Waals surface area contributed by atoms with Crippen LogP contribution in [-0.2, 0) is 4.74 Å². The van der Waals surface area contributed by atoms with E-state index in [-0.39, 0.29) is 5.78 Å². The third kappa shape index (κ3) is 5.40. The van der Waals surface area contributed by atoms with Crippen molar-refractivity contribution >= 4 is 11.4 Å². The second-order valence-electron chi connectivity index (χ2n) is 8.37. The molecule has 0 bridgehead atoms. The number of carbonyl (C=O) groups excluding carboxylic acids is 1. The first-order valence-electron chi connectivity index (χ1n) is 11.0. The van der Waals surface area contributed by atoms with E-state index < -0.39 is 0 Å². The number of hydrogen-bond donors (Lipinski definition) is 0. The molecule has 0 spiro atoms. The molecule has 1 aliphatic carbocycles. The van der Waals surface area contributed by atoms with Crippen LogP contribution in [0.15, 0.2) is 12.3 Å². The van der Waals surface area contributed by atoms with Gasteiger partial charge < -0.3 is 4.74 Å². The first-order chi connectivity index (χ1) is 13.6. The van der Waals surface area contributed by atoms with Gasteiger partial charge in [-0.1, -0.05) is 26.2 Å². The molecule has 2 aromatic rings. The van der Waals surface area contributed by atoms with Crippen molar-refractivity contribution in [1.82, 2.24) is 14.6 Å². The van der Waals surface area contributed by atoms with Gasteiger partial charge in [-0.3, -0.25) is 4.79 Å². The molecule has 5 heteroatoms. The summed E-state index contributed by atoms with van der Waals surface area (Å²) in [6.07, 6.45) is 13.4. The molecule has 1 aliphatic rings. The molecule has 0 unspecified atom stereocenters. The molecule has 0 aliphatic heterocycles. The lowest BCUT2D eigenvalue weighted by Gasteiger charge is -2.28. The Balaban J connectivity index is 1.41. The van der Waals surface area contributed by atoms with Crippen LogP contribution < -0.4 is 0 Å². The average molecular weight is 386 g/mol. The monoisotopic (exact) mass is 385 g/mol. The fourth-order valence-corrected chi connectivity index (χ4v) is 4.34. The zero-order chi connectivity index (χ0) is 19.9. The van der Waals surface area contributed by atoms with Crippen LogP contribution in [0.5, 0.6) is 0 Å². The Bertz CT molecular complexity index is 775. The molecule has 0 saturated heterocycles. The lowest BCUT2D eigenvalue weighted by molar-refractivity contribution is 0.0152. The van der Waals surface area contributed by atoms with Crippen molar-refractivity contribution in [2.24, 2.45) is 5.92 Å². The predicted molar refractivity (Wildman–Crippen MR) is 112 cm³/mol. The van der Waals surface area contributed by atoms with Crippen LogP contribution in [0.2, 0.25) is 0 Å². The lowest BCUT2D eigenvalue weighted by Crippen LogP contribution is -2.22. The van der Waals surface area contributed by atoms with Crippen LogP contribution in [0.4, 0.5) is 0 Å². The van der Waals surface area contributed by atoms with E-state index in [1.54, 1.807) is 10.7 Å². The van der Waals surface area contributed by atoms with Crippen LogP contribution in [0.1, 0.15) is 92.9 Å². The van der Waals surface area contributed by atoms with Gasteiger partial charge in [0.2, 0.25) is 0 Å². The normalized spacial score (nSPS) is 20.0. The molecule has 2 heterocycles. The fraction of sp³-hybridized carbons (Fsp3) is 0.696. The number of nitrogens with zero attached hydrogens (tertiary/aromatic N) is 3. The van der Waals surface area contributed by atoms with Gasteiger partial charge in [0, 0.05) is 24.4 Å². The van der Waals surface area contributed by atoms with Crippen LogP contribution in [0.25, 0.3) is 5.65 Å². The highest BCUT2D eigenvalue weighted by atomic mass is 16.5. The summed E-state index contributed by atoms with van der Waals surface area (Å²) in [5.41, 5.74) is 3.29. The number of rotatable bonds is 10. The van der Waals surface area contributed by atoms with Crippen molar-refractivity contribution in [3.63, 3.8) is 0 Å². The average Bonchev–Trinajstić information content (AvgIpc) is 3.10. The Labute approximate surface area is 168 Å². The molecule has 0 N–H and O–H groups in total. The molecule has 0 atom stereocenters. The number of aryl methyl sites for hydroxylation is 2. The van der Waals surface area contributed by atoms with Gasteiger partial charge in [-0.15, -0.1) is 0 Å². The summed E-state index contributed by atoms with van der Waals surface area (Å²) in [5, 5.41) is 4.34. The maximum atomic E-state index is 12.7. The van der Waals surface area contributed by atoms with Crippen LogP contribution >= 0.6 is 0 Å². The smallest absolute Gasteiger partial charge is 0.168 e. The van der Waals surface area contributed by atoms with Crippen molar-refractivity contribution in [3.05, 3.63) is 29.2 Å². The highest BCUT2D eigenvalue weighted by Gasteiger charge is 2.22. The summed E-state index contributed by atoms with van der Waals surface area (Å²) in [4.78, 5) is 17.2. The molecular weight excluding hydrogens is 350 g/mol. The number of aromatic nitrogens is 3. The van der Waals surface area contributed by atoms with Gasteiger partial charge in [0.05, 0.1) is 17.9 Å². The maximum Gasteiger partial charge on any atom is 0.168 e. The van der Waals surface area contributed by atoms with Crippen molar-refractivity contribution in [2.75, 3.05) is 6.61 Å².